The zero-order valence-corrected chi connectivity index (χ0v) is 15.5. The molecule has 0 saturated heterocycles. The van der Waals surface area contributed by atoms with E-state index in [2.05, 4.69) is 20.8 Å². The van der Waals surface area contributed by atoms with E-state index in [4.69, 9.17) is 9.47 Å². The highest BCUT2D eigenvalue weighted by Crippen LogP contribution is 2.35. The number of hydrogen-bond donors (Lipinski definition) is 1. The zero-order chi connectivity index (χ0) is 19.5. The van der Waals surface area contributed by atoms with Gasteiger partial charge in [-0.2, -0.15) is 4.68 Å². The van der Waals surface area contributed by atoms with Gasteiger partial charge in [-0.3, -0.25) is 0 Å². The Balaban J connectivity index is 1.61. The highest BCUT2D eigenvalue weighted by atomic mass is 16.5. The van der Waals surface area contributed by atoms with Crippen molar-refractivity contribution in [3.05, 3.63) is 77.0 Å². The molecule has 0 aliphatic carbocycles. The van der Waals surface area contributed by atoms with E-state index in [0.717, 1.165) is 16.9 Å². The molecule has 0 fully saturated rings. The number of ether oxygens (including phenoxy) is 2. The van der Waals surface area contributed by atoms with Gasteiger partial charge in [0.05, 0.1) is 12.7 Å². The maximum absolute atomic E-state index is 12.4. The summed E-state index contributed by atoms with van der Waals surface area (Å²) in [5.41, 5.74) is 3.06. The number of methoxy groups -OCH3 is 1. The number of anilines is 1. The molecule has 0 unspecified atom stereocenters. The van der Waals surface area contributed by atoms with Gasteiger partial charge in [0.25, 0.3) is 0 Å². The van der Waals surface area contributed by atoms with Crippen molar-refractivity contribution in [2.24, 2.45) is 0 Å². The van der Waals surface area contributed by atoms with E-state index in [9.17, 15) is 4.79 Å². The Morgan fingerprint density at radius 2 is 1.89 bits per heavy atom. The summed E-state index contributed by atoms with van der Waals surface area (Å²) in [6, 6.07) is 17.0. The minimum absolute atomic E-state index is 0.430. The fraction of sp³-hybridized carbons (Fsp3) is 0.200. The monoisotopic (exact) mass is 377 g/mol. The van der Waals surface area contributed by atoms with Crippen molar-refractivity contribution >= 4 is 11.9 Å². The molecule has 1 aliphatic heterocycles. The van der Waals surface area contributed by atoms with Gasteiger partial charge in [0.15, 0.2) is 0 Å². The highest BCUT2D eigenvalue weighted by molar-refractivity contribution is 5.92. The van der Waals surface area contributed by atoms with Crippen LogP contribution in [0.4, 0.5) is 5.95 Å². The van der Waals surface area contributed by atoms with Gasteiger partial charge in [0.1, 0.15) is 18.4 Å². The van der Waals surface area contributed by atoms with E-state index < -0.39 is 12.0 Å². The van der Waals surface area contributed by atoms with Gasteiger partial charge in [-0.1, -0.05) is 47.6 Å². The Kier molecular flexibility index (Phi) is 4.76. The van der Waals surface area contributed by atoms with Gasteiger partial charge >= 0.3 is 5.97 Å². The molecular formula is C20H19N5O3. The summed E-state index contributed by atoms with van der Waals surface area (Å²) in [6.45, 7) is 2.28. The van der Waals surface area contributed by atoms with Crippen LogP contribution in [0.15, 0.2) is 65.9 Å². The predicted molar refractivity (Wildman–Crippen MR) is 102 cm³/mol. The number of benzene rings is 2. The molecule has 1 aromatic heterocycles. The smallest absolute Gasteiger partial charge is 0.338 e. The van der Waals surface area contributed by atoms with Gasteiger partial charge in [0.2, 0.25) is 5.95 Å². The third kappa shape index (κ3) is 3.32. The first-order chi connectivity index (χ1) is 13.7. The summed E-state index contributed by atoms with van der Waals surface area (Å²) in [5.74, 6) is 0.777. The van der Waals surface area contributed by atoms with E-state index in [1.54, 1.807) is 11.6 Å². The molecule has 1 atom stereocenters. The van der Waals surface area contributed by atoms with Crippen LogP contribution in [0, 0.1) is 0 Å². The van der Waals surface area contributed by atoms with Crippen molar-refractivity contribution in [2.45, 2.75) is 19.6 Å². The minimum Gasteiger partial charge on any atom is -0.489 e. The van der Waals surface area contributed by atoms with Crippen LogP contribution in [0.1, 0.15) is 24.1 Å². The Hall–Kier alpha value is -3.68. The third-order valence-corrected chi connectivity index (χ3v) is 4.56. The summed E-state index contributed by atoms with van der Waals surface area (Å²) in [4.78, 5) is 12.4. The van der Waals surface area contributed by atoms with Crippen molar-refractivity contribution in [1.82, 2.24) is 20.2 Å². The van der Waals surface area contributed by atoms with Gasteiger partial charge in [0, 0.05) is 5.70 Å². The van der Waals surface area contributed by atoms with Crippen molar-refractivity contribution in [1.29, 1.82) is 0 Å². The normalized spacial score (nSPS) is 15.6. The van der Waals surface area contributed by atoms with Crippen molar-refractivity contribution in [3.8, 4) is 5.75 Å². The second-order valence-corrected chi connectivity index (χ2v) is 6.35. The highest BCUT2D eigenvalue weighted by Gasteiger charge is 2.34. The lowest BCUT2D eigenvalue weighted by atomic mass is 9.96. The van der Waals surface area contributed by atoms with Crippen LogP contribution in [0.3, 0.4) is 0 Å². The first-order valence-electron chi connectivity index (χ1n) is 8.78. The van der Waals surface area contributed by atoms with E-state index in [1.807, 2.05) is 54.6 Å². The lowest BCUT2D eigenvalue weighted by Crippen LogP contribution is -2.29. The van der Waals surface area contributed by atoms with Crippen LogP contribution >= 0.6 is 0 Å². The number of rotatable bonds is 5. The van der Waals surface area contributed by atoms with Crippen LogP contribution in [-0.2, 0) is 16.1 Å². The van der Waals surface area contributed by atoms with Gasteiger partial charge < -0.3 is 14.8 Å². The van der Waals surface area contributed by atoms with Gasteiger partial charge in [-0.15, -0.1) is 0 Å². The summed E-state index contributed by atoms with van der Waals surface area (Å²) in [5, 5.41) is 14.7. The summed E-state index contributed by atoms with van der Waals surface area (Å²) in [6.07, 6.45) is 0. The van der Waals surface area contributed by atoms with Crippen molar-refractivity contribution < 1.29 is 14.3 Å². The number of nitrogens with zero attached hydrogens (tertiary/aromatic N) is 4. The van der Waals surface area contributed by atoms with Crippen LogP contribution in [0.5, 0.6) is 5.75 Å². The van der Waals surface area contributed by atoms with E-state index >= 15 is 0 Å². The van der Waals surface area contributed by atoms with Crippen LogP contribution in [0.25, 0.3) is 0 Å². The molecule has 0 bridgehead atoms. The molecule has 8 heteroatoms. The Morgan fingerprint density at radius 1 is 1.14 bits per heavy atom. The molecule has 2 heterocycles. The van der Waals surface area contributed by atoms with E-state index in [-0.39, 0.29) is 0 Å². The predicted octanol–water partition coefficient (Wildman–Crippen LogP) is 2.71. The number of tetrazole rings is 1. The number of aromatic nitrogens is 4. The molecular weight excluding hydrogens is 358 g/mol. The fourth-order valence-electron chi connectivity index (χ4n) is 3.18. The Bertz CT molecular complexity index is 1010. The maximum Gasteiger partial charge on any atom is 0.338 e. The average Bonchev–Trinajstić information content (AvgIpc) is 3.20. The average molecular weight is 377 g/mol. The van der Waals surface area contributed by atoms with Crippen LogP contribution in [-0.4, -0.2) is 33.3 Å². The largest absolute Gasteiger partial charge is 0.489 e. The second kappa shape index (κ2) is 7.51. The number of hydrogen-bond acceptors (Lipinski definition) is 7. The molecule has 0 amide bonds. The summed E-state index contributed by atoms with van der Waals surface area (Å²) in [7, 11) is 1.36. The number of nitrogens with one attached hydrogen (secondary N) is 1. The molecule has 1 N–H and O–H groups in total. The Labute approximate surface area is 161 Å². The second-order valence-electron chi connectivity index (χ2n) is 6.35. The van der Waals surface area contributed by atoms with Gasteiger partial charge in [-0.25, -0.2) is 4.79 Å². The minimum atomic E-state index is -0.484. The third-order valence-electron chi connectivity index (χ3n) is 4.56. The molecule has 3 aromatic rings. The first kappa shape index (κ1) is 17.7. The summed E-state index contributed by atoms with van der Waals surface area (Å²) < 4.78 is 12.4. The summed E-state index contributed by atoms with van der Waals surface area (Å²) >= 11 is 0. The molecule has 2 aromatic carbocycles. The zero-order valence-electron chi connectivity index (χ0n) is 15.5. The van der Waals surface area contributed by atoms with Crippen LogP contribution < -0.4 is 10.1 Å². The topological polar surface area (TPSA) is 91.2 Å². The molecule has 8 nitrogen and oxygen atoms in total. The van der Waals surface area contributed by atoms with Gasteiger partial charge in [-0.05, 0) is 40.6 Å². The molecule has 142 valence electrons. The quantitative estimate of drug-likeness (QED) is 0.684. The number of esters is 1. The first-order valence-corrected chi connectivity index (χ1v) is 8.78. The number of carbonyl (C=O) groups is 1. The fourth-order valence-corrected chi connectivity index (χ4v) is 3.18. The number of carbonyl (C=O) groups excluding carboxylic acids is 1. The molecule has 0 spiro atoms. The lowest BCUT2D eigenvalue weighted by Gasteiger charge is -2.27. The SMILES string of the molecule is COC(=O)C1=C(C)Nc2nnnn2[C@H]1c1ccc(OCc2ccccc2)cc1. The Morgan fingerprint density at radius 3 is 2.61 bits per heavy atom. The molecule has 28 heavy (non-hydrogen) atoms. The van der Waals surface area contributed by atoms with Crippen molar-refractivity contribution in [2.75, 3.05) is 12.4 Å². The molecule has 4 rings (SSSR count). The molecule has 0 saturated carbocycles. The van der Waals surface area contributed by atoms with E-state index in [1.165, 1.54) is 7.11 Å². The molecule has 0 radical (unpaired) electrons. The van der Waals surface area contributed by atoms with E-state index in [0.29, 0.717) is 23.8 Å². The van der Waals surface area contributed by atoms with Crippen molar-refractivity contribution in [3.63, 3.8) is 0 Å². The lowest BCUT2D eigenvalue weighted by molar-refractivity contribution is -0.136. The number of fused-ring (bicyclic) bond motifs is 1. The maximum atomic E-state index is 12.4. The molecule has 1 aliphatic rings. The number of allylic oxidation sites excluding steroid dienone is 1. The standard InChI is InChI=1S/C20H19N5O3/c1-13-17(19(26)27-2)18(25-20(21-13)22-23-24-25)15-8-10-16(11-9-15)28-12-14-6-4-3-5-7-14/h3-11,18H,12H2,1-2H3,(H,21,22,24)/t18-/m0/s1. The van der Waals surface area contributed by atoms with Crippen LogP contribution in [0.2, 0.25) is 0 Å².